The number of nitrogens with zero attached hydrogens (tertiary/aromatic N) is 4. The van der Waals surface area contributed by atoms with Gasteiger partial charge in [0.1, 0.15) is 22.5 Å². The first kappa shape index (κ1) is 22.0. The molecule has 0 fully saturated rings. The molecule has 11 heteroatoms. The molecule has 7 nitrogen and oxygen atoms in total. The molecule has 2 heterocycles. The maximum Gasteiger partial charge on any atom is 0.422 e. The van der Waals surface area contributed by atoms with E-state index in [-0.39, 0.29) is 22.7 Å². The molecule has 0 atom stereocenters. The second-order valence-corrected chi connectivity index (χ2v) is 7.59. The monoisotopic (exact) mass is 469 g/mol. The molecular weight excluding hydrogens is 455 g/mol. The van der Waals surface area contributed by atoms with Crippen molar-refractivity contribution in [2.24, 2.45) is 0 Å². The predicted octanol–water partition coefficient (Wildman–Crippen LogP) is 5.06. The number of ether oxygens (including phenoxy) is 1. The van der Waals surface area contributed by atoms with Crippen LogP contribution in [0.5, 0.6) is 5.75 Å². The molecule has 0 aliphatic rings. The minimum Gasteiger partial charge on any atom is -0.483 e. The maximum atomic E-state index is 12.6. The van der Waals surface area contributed by atoms with E-state index in [0.29, 0.717) is 5.01 Å². The third-order valence-corrected chi connectivity index (χ3v) is 5.23. The number of nitriles is 1. The zero-order chi connectivity index (χ0) is 23.4. The zero-order valence-electron chi connectivity index (χ0n) is 16.7. The number of halogens is 3. The van der Waals surface area contributed by atoms with Crippen LogP contribution in [0.25, 0.3) is 16.3 Å². The highest BCUT2D eigenvalue weighted by atomic mass is 32.1. The standard InChI is InChI=1S/C22H14F3N5O2S/c23-22(24,25)13-32-19-7-6-16(8-14(19)9-26)28-20(31)18-12-33-21(29-18)15-10-27-30(11-15)17-4-2-1-3-5-17/h1-8,10-12H,13H2,(H,28,31). The van der Waals surface area contributed by atoms with E-state index in [4.69, 9.17) is 0 Å². The number of para-hydroxylation sites is 1. The molecule has 0 aliphatic heterocycles. The van der Waals surface area contributed by atoms with Gasteiger partial charge in [0, 0.05) is 22.8 Å². The highest BCUT2D eigenvalue weighted by Gasteiger charge is 2.29. The molecule has 166 valence electrons. The first-order valence-corrected chi connectivity index (χ1v) is 10.3. The van der Waals surface area contributed by atoms with E-state index in [0.717, 1.165) is 11.3 Å². The third-order valence-electron chi connectivity index (χ3n) is 4.34. The van der Waals surface area contributed by atoms with E-state index in [1.165, 1.54) is 29.5 Å². The van der Waals surface area contributed by atoms with Crippen LogP contribution in [-0.4, -0.2) is 33.5 Å². The van der Waals surface area contributed by atoms with Crippen molar-refractivity contribution in [2.75, 3.05) is 11.9 Å². The SMILES string of the molecule is N#Cc1cc(NC(=O)c2csc(-c3cnn(-c4ccccc4)c3)n2)ccc1OCC(F)(F)F. The lowest BCUT2D eigenvalue weighted by Crippen LogP contribution is -2.19. The van der Waals surface area contributed by atoms with Crippen LogP contribution in [0.2, 0.25) is 0 Å². The molecule has 2 aromatic carbocycles. The van der Waals surface area contributed by atoms with Crippen LogP contribution in [0.15, 0.2) is 66.3 Å². The summed E-state index contributed by atoms with van der Waals surface area (Å²) in [7, 11) is 0. The van der Waals surface area contributed by atoms with Crippen LogP contribution >= 0.6 is 11.3 Å². The number of amides is 1. The summed E-state index contributed by atoms with van der Waals surface area (Å²) in [6.07, 6.45) is -1.08. The summed E-state index contributed by atoms with van der Waals surface area (Å²) in [4.78, 5) is 16.9. The minimum absolute atomic E-state index is 0.135. The third kappa shape index (κ3) is 5.36. The van der Waals surface area contributed by atoms with Gasteiger partial charge in [-0.1, -0.05) is 18.2 Å². The van der Waals surface area contributed by atoms with Gasteiger partial charge < -0.3 is 10.1 Å². The second kappa shape index (κ2) is 9.13. The Balaban J connectivity index is 1.46. The van der Waals surface area contributed by atoms with Crippen LogP contribution in [0, 0.1) is 11.3 Å². The fraction of sp³-hybridized carbons (Fsp3) is 0.0909. The van der Waals surface area contributed by atoms with E-state index in [9.17, 15) is 23.2 Å². The number of carbonyl (C=O) groups is 1. The Kier molecular flexibility index (Phi) is 6.10. The average molecular weight is 469 g/mol. The normalized spacial score (nSPS) is 11.1. The van der Waals surface area contributed by atoms with Gasteiger partial charge in [-0.05, 0) is 30.3 Å². The number of aromatic nitrogens is 3. The van der Waals surface area contributed by atoms with E-state index in [1.54, 1.807) is 28.5 Å². The van der Waals surface area contributed by atoms with Crippen LogP contribution in [0.1, 0.15) is 16.1 Å². The van der Waals surface area contributed by atoms with Crippen molar-refractivity contribution in [3.8, 4) is 28.1 Å². The van der Waals surface area contributed by atoms with Crippen molar-refractivity contribution in [3.63, 3.8) is 0 Å². The Hall–Kier alpha value is -4.17. The average Bonchev–Trinajstić information content (AvgIpc) is 3.48. The van der Waals surface area contributed by atoms with Gasteiger partial charge in [-0.2, -0.15) is 23.5 Å². The van der Waals surface area contributed by atoms with E-state index < -0.39 is 18.7 Å². The lowest BCUT2D eigenvalue weighted by molar-refractivity contribution is -0.153. The van der Waals surface area contributed by atoms with Gasteiger partial charge in [0.05, 0.1) is 17.4 Å². The molecule has 0 bridgehead atoms. The number of hydrogen-bond acceptors (Lipinski definition) is 6. The van der Waals surface area contributed by atoms with Crippen LogP contribution in [0.4, 0.5) is 18.9 Å². The minimum atomic E-state index is -4.53. The molecule has 0 radical (unpaired) electrons. The summed E-state index contributed by atoms with van der Waals surface area (Å²) >= 11 is 1.26. The van der Waals surface area contributed by atoms with Crippen molar-refractivity contribution in [1.29, 1.82) is 5.26 Å². The summed E-state index contributed by atoms with van der Waals surface area (Å²) in [5.74, 6) is -0.750. The second-order valence-electron chi connectivity index (χ2n) is 6.73. The Labute approximate surface area is 189 Å². The molecular formula is C22H14F3N5O2S. The van der Waals surface area contributed by atoms with Gasteiger partial charge >= 0.3 is 6.18 Å². The van der Waals surface area contributed by atoms with Crippen molar-refractivity contribution < 1.29 is 22.7 Å². The summed E-state index contributed by atoms with van der Waals surface area (Å²) in [6, 6.07) is 15.1. The number of benzene rings is 2. The number of anilines is 1. The van der Waals surface area contributed by atoms with Gasteiger partial charge in [0.15, 0.2) is 6.61 Å². The largest absolute Gasteiger partial charge is 0.483 e. The molecule has 4 rings (SSSR count). The Bertz CT molecular complexity index is 1330. The first-order valence-electron chi connectivity index (χ1n) is 9.43. The Morgan fingerprint density at radius 1 is 1.21 bits per heavy atom. The smallest absolute Gasteiger partial charge is 0.422 e. The van der Waals surface area contributed by atoms with Crippen molar-refractivity contribution in [1.82, 2.24) is 14.8 Å². The molecule has 0 aliphatic carbocycles. The van der Waals surface area contributed by atoms with Gasteiger partial charge in [0.2, 0.25) is 0 Å². The number of hydrogen-bond donors (Lipinski definition) is 1. The maximum absolute atomic E-state index is 12.6. The quantitative estimate of drug-likeness (QED) is 0.426. The molecule has 1 N–H and O–H groups in total. The van der Waals surface area contributed by atoms with Gasteiger partial charge in [-0.25, -0.2) is 9.67 Å². The Morgan fingerprint density at radius 2 is 2.00 bits per heavy atom. The lowest BCUT2D eigenvalue weighted by Gasteiger charge is -2.11. The fourth-order valence-electron chi connectivity index (χ4n) is 2.84. The first-order chi connectivity index (χ1) is 15.8. The summed E-state index contributed by atoms with van der Waals surface area (Å²) in [5.41, 5.74) is 1.86. The highest BCUT2D eigenvalue weighted by Crippen LogP contribution is 2.27. The molecule has 0 spiro atoms. The number of rotatable bonds is 6. The Morgan fingerprint density at radius 3 is 2.73 bits per heavy atom. The number of alkyl halides is 3. The predicted molar refractivity (Wildman–Crippen MR) is 115 cm³/mol. The van der Waals surface area contributed by atoms with E-state index in [2.05, 4.69) is 20.1 Å². The van der Waals surface area contributed by atoms with Gasteiger partial charge in [-0.3, -0.25) is 4.79 Å². The molecule has 0 saturated heterocycles. The molecule has 0 saturated carbocycles. The summed E-state index contributed by atoms with van der Waals surface area (Å²) < 4.78 is 43.4. The highest BCUT2D eigenvalue weighted by molar-refractivity contribution is 7.13. The topological polar surface area (TPSA) is 92.8 Å². The fourth-order valence-corrected chi connectivity index (χ4v) is 3.62. The van der Waals surface area contributed by atoms with E-state index >= 15 is 0 Å². The number of nitrogens with one attached hydrogen (secondary N) is 1. The summed E-state index contributed by atoms with van der Waals surface area (Å²) in [6.45, 7) is -1.52. The molecule has 2 aromatic heterocycles. The van der Waals surface area contributed by atoms with Crippen molar-refractivity contribution in [2.45, 2.75) is 6.18 Å². The molecule has 33 heavy (non-hydrogen) atoms. The van der Waals surface area contributed by atoms with Crippen molar-refractivity contribution >= 4 is 22.9 Å². The van der Waals surface area contributed by atoms with Crippen molar-refractivity contribution in [3.05, 3.63) is 77.6 Å². The van der Waals surface area contributed by atoms with Gasteiger partial charge in [0.25, 0.3) is 5.91 Å². The van der Waals surface area contributed by atoms with Crippen LogP contribution < -0.4 is 10.1 Å². The lowest BCUT2D eigenvalue weighted by atomic mass is 10.2. The van der Waals surface area contributed by atoms with E-state index in [1.807, 2.05) is 30.3 Å². The molecule has 4 aromatic rings. The molecule has 1 amide bonds. The summed E-state index contributed by atoms with van der Waals surface area (Å²) in [5, 5.41) is 18.3. The van der Waals surface area contributed by atoms with Crippen LogP contribution in [0.3, 0.4) is 0 Å². The number of carbonyl (C=O) groups excluding carboxylic acids is 1. The molecule has 0 unspecified atom stereocenters. The number of thiazole rings is 1. The van der Waals surface area contributed by atoms with Crippen LogP contribution in [-0.2, 0) is 0 Å². The van der Waals surface area contributed by atoms with Gasteiger partial charge in [-0.15, -0.1) is 11.3 Å². The zero-order valence-corrected chi connectivity index (χ0v) is 17.5.